The Morgan fingerprint density at radius 2 is 0.741 bits per heavy atom. The van der Waals surface area contributed by atoms with Crippen LogP contribution in [-0.2, 0) is 47.7 Å². The minimum atomic E-state index is -0.328. The highest BCUT2D eigenvalue weighted by Gasteiger charge is 2.43. The number of carbonyl (C=O) groups excluding carboxylic acids is 5. The molecule has 10 nitrogen and oxygen atoms in total. The quantitative estimate of drug-likeness (QED) is 0.0453. The average Bonchev–Trinajstić information content (AvgIpc) is 3.81. The third kappa shape index (κ3) is 35.4. The molecule has 4 fully saturated rings. The summed E-state index contributed by atoms with van der Waals surface area (Å²) in [6.07, 6.45) is 33.8. The summed E-state index contributed by atoms with van der Waals surface area (Å²) in [7, 11) is 0. The summed E-state index contributed by atoms with van der Waals surface area (Å²) in [6.45, 7) is 38.9. The Balaban J connectivity index is 0.00000116. The molecule has 3 saturated carbocycles. The standard InChI is InChI=1S/C25H46O4.C23H42O4.C19H34O2.2C2H6/c1-6-16-28-24(26)22-15-14-21(18-23(22)25(27)29-17-7-2)13-9-12-20(5)11-8-10-19(3)4;1-6-26-22(24)20-15-14-19(16-21(20)23(25)27-7-2)13-9-12-18(5)11-8-10-17(3)4;1-14(2)6-4-7-15(3)8-5-9-16-10-11-18-17(12-16)13-21-19(18)20;2*1-2/h19-23H,6-18H2,1-5H3;17-21H,6-16H2,1-5H3;14-18H,4-13H2,1-3H3;2*1-2H3. The topological polar surface area (TPSA) is 132 Å². The monoisotopic (exact) mass is 1150 g/mol. The van der Waals surface area contributed by atoms with Crippen molar-refractivity contribution in [1.29, 1.82) is 0 Å². The fourth-order valence-corrected chi connectivity index (χ4v) is 13.0. The van der Waals surface area contributed by atoms with Crippen LogP contribution in [0.4, 0.5) is 0 Å². The van der Waals surface area contributed by atoms with Gasteiger partial charge in [-0.1, -0.05) is 219 Å². The molecule has 12 unspecified atom stereocenters. The van der Waals surface area contributed by atoms with Crippen molar-refractivity contribution < 1.29 is 47.7 Å². The molecule has 1 saturated heterocycles. The number of ether oxygens (including phenoxy) is 5. The maximum atomic E-state index is 12.6. The van der Waals surface area contributed by atoms with Gasteiger partial charge in [-0.2, -0.15) is 0 Å². The minimum absolute atomic E-state index is 0.0808. The third-order valence-electron chi connectivity index (χ3n) is 17.8. The third-order valence-corrected chi connectivity index (χ3v) is 17.8. The Labute approximate surface area is 501 Å². The van der Waals surface area contributed by atoms with E-state index >= 15 is 0 Å². The number of hydrogen-bond acceptors (Lipinski definition) is 10. The van der Waals surface area contributed by atoms with Gasteiger partial charge in [-0.15, -0.1) is 0 Å². The van der Waals surface area contributed by atoms with E-state index in [2.05, 4.69) is 62.3 Å². The molecule has 0 aromatic rings. The van der Waals surface area contributed by atoms with E-state index in [0.29, 0.717) is 50.8 Å². The smallest absolute Gasteiger partial charge is 0.309 e. The number of esters is 5. The van der Waals surface area contributed by atoms with Crippen LogP contribution in [-0.4, -0.2) is 62.9 Å². The van der Waals surface area contributed by atoms with Gasteiger partial charge in [0.15, 0.2) is 0 Å². The minimum Gasteiger partial charge on any atom is -0.466 e. The van der Waals surface area contributed by atoms with Crippen molar-refractivity contribution in [2.45, 2.75) is 304 Å². The number of fused-ring (bicyclic) bond motifs is 1. The summed E-state index contributed by atoms with van der Waals surface area (Å²) in [5.41, 5.74) is 0. The summed E-state index contributed by atoms with van der Waals surface area (Å²) >= 11 is 0. The van der Waals surface area contributed by atoms with Gasteiger partial charge >= 0.3 is 29.8 Å². The van der Waals surface area contributed by atoms with Crippen LogP contribution in [0.2, 0.25) is 0 Å². The molecule has 0 bridgehead atoms. The lowest BCUT2D eigenvalue weighted by Gasteiger charge is -2.33. The van der Waals surface area contributed by atoms with Crippen molar-refractivity contribution in [2.75, 3.05) is 33.0 Å². The highest BCUT2D eigenvalue weighted by molar-refractivity contribution is 5.83. The lowest BCUT2D eigenvalue weighted by Crippen LogP contribution is -2.37. The predicted octanol–water partition coefficient (Wildman–Crippen LogP) is 19.6. The van der Waals surface area contributed by atoms with Crippen LogP contribution in [0.3, 0.4) is 0 Å². The highest BCUT2D eigenvalue weighted by atomic mass is 16.6. The molecule has 1 aliphatic heterocycles. The lowest BCUT2D eigenvalue weighted by atomic mass is 9.72. The summed E-state index contributed by atoms with van der Waals surface area (Å²) in [5.74, 6) is 5.50. The zero-order valence-electron chi connectivity index (χ0n) is 56.3. The Bertz CT molecular complexity index is 1580. The van der Waals surface area contributed by atoms with Gasteiger partial charge in [0, 0.05) is 5.92 Å². The summed E-state index contributed by atoms with van der Waals surface area (Å²) in [5, 5.41) is 0. The second-order valence-electron chi connectivity index (χ2n) is 26.4. The number of rotatable bonds is 34. The molecule has 4 rings (SSSR count). The Kier molecular flexibility index (Phi) is 47.0. The van der Waals surface area contributed by atoms with Crippen LogP contribution in [0, 0.1) is 88.8 Å². The Morgan fingerprint density at radius 1 is 0.420 bits per heavy atom. The van der Waals surface area contributed by atoms with E-state index in [1.54, 1.807) is 0 Å². The summed E-state index contributed by atoms with van der Waals surface area (Å²) in [4.78, 5) is 61.3. The zero-order valence-corrected chi connectivity index (χ0v) is 56.3. The van der Waals surface area contributed by atoms with Crippen LogP contribution in [0.5, 0.6) is 0 Å². The lowest BCUT2D eigenvalue weighted by molar-refractivity contribution is -0.164. The van der Waals surface area contributed by atoms with Crippen LogP contribution in [0.1, 0.15) is 304 Å². The van der Waals surface area contributed by atoms with E-state index in [9.17, 15) is 24.0 Å². The van der Waals surface area contributed by atoms with Gasteiger partial charge in [-0.25, -0.2) is 0 Å². The van der Waals surface area contributed by atoms with Gasteiger partial charge in [-0.05, 0) is 138 Å². The van der Waals surface area contributed by atoms with E-state index in [-0.39, 0.29) is 59.4 Å². The molecule has 12 atom stereocenters. The fourth-order valence-electron chi connectivity index (χ4n) is 13.0. The van der Waals surface area contributed by atoms with Crippen molar-refractivity contribution in [3.05, 3.63) is 0 Å². The molecule has 3 aliphatic carbocycles. The molecule has 0 aromatic carbocycles. The second kappa shape index (κ2) is 48.6. The first-order valence-corrected chi connectivity index (χ1v) is 34.7. The molecule has 1 heterocycles. The number of carbonyl (C=O) groups is 5. The second-order valence-corrected chi connectivity index (χ2v) is 26.4. The molecule has 0 N–H and O–H groups in total. The molecule has 4 aliphatic rings. The van der Waals surface area contributed by atoms with Crippen molar-refractivity contribution in [2.24, 2.45) is 88.8 Å². The molecule has 0 aromatic heterocycles. The van der Waals surface area contributed by atoms with E-state index in [1.165, 1.54) is 116 Å². The molecule has 81 heavy (non-hydrogen) atoms. The van der Waals surface area contributed by atoms with Gasteiger partial charge in [-0.3, -0.25) is 24.0 Å². The average molecular weight is 1150 g/mol. The van der Waals surface area contributed by atoms with E-state index in [4.69, 9.17) is 23.7 Å². The molecule has 0 amide bonds. The maximum absolute atomic E-state index is 12.6. The number of cyclic esters (lactones) is 1. The first-order valence-electron chi connectivity index (χ1n) is 34.7. The summed E-state index contributed by atoms with van der Waals surface area (Å²) < 4.78 is 26.5. The molecular formula is C71H134O10. The van der Waals surface area contributed by atoms with Crippen molar-refractivity contribution in [1.82, 2.24) is 0 Å². The van der Waals surface area contributed by atoms with Gasteiger partial charge in [0.25, 0.3) is 0 Å². The first-order chi connectivity index (χ1) is 38.8. The van der Waals surface area contributed by atoms with Crippen molar-refractivity contribution >= 4 is 29.8 Å². The van der Waals surface area contributed by atoms with Gasteiger partial charge in [0.2, 0.25) is 0 Å². The fraction of sp³-hybridized carbons (Fsp3) is 0.930. The highest BCUT2D eigenvalue weighted by Crippen LogP contribution is 2.42. The van der Waals surface area contributed by atoms with Gasteiger partial charge < -0.3 is 23.7 Å². The molecule has 10 heteroatoms. The van der Waals surface area contributed by atoms with Crippen LogP contribution >= 0.6 is 0 Å². The Hall–Kier alpha value is -2.65. The SMILES string of the molecule is CC.CC.CC(C)CCCC(C)CCCC1CCC2C(=O)OCC2C1.CCCOC(=O)C1CCC(CCCC(C)CCCC(C)C)CC1C(=O)OCCC.CCOC(=O)C1CCC(CCCC(C)CCCC(C)C)CC1C(=O)OCC. The van der Waals surface area contributed by atoms with E-state index < -0.39 is 0 Å². The molecular weight excluding hydrogens is 1010 g/mol. The van der Waals surface area contributed by atoms with E-state index in [0.717, 1.165) is 112 Å². The van der Waals surface area contributed by atoms with Crippen molar-refractivity contribution in [3.8, 4) is 0 Å². The van der Waals surface area contributed by atoms with Crippen molar-refractivity contribution in [3.63, 3.8) is 0 Å². The Morgan fingerprint density at radius 3 is 1.10 bits per heavy atom. The molecule has 0 radical (unpaired) electrons. The maximum Gasteiger partial charge on any atom is 0.309 e. The van der Waals surface area contributed by atoms with Crippen LogP contribution < -0.4 is 0 Å². The summed E-state index contributed by atoms with van der Waals surface area (Å²) in [6, 6.07) is 0. The largest absolute Gasteiger partial charge is 0.466 e. The normalized spacial score (nSPS) is 24.2. The first kappa shape index (κ1) is 78.4. The van der Waals surface area contributed by atoms with E-state index in [1.807, 2.05) is 55.4 Å². The van der Waals surface area contributed by atoms with Crippen LogP contribution in [0.15, 0.2) is 0 Å². The predicted molar refractivity (Wildman–Crippen MR) is 337 cm³/mol. The van der Waals surface area contributed by atoms with Gasteiger partial charge in [0.1, 0.15) is 0 Å². The zero-order chi connectivity index (χ0) is 61.1. The molecule has 0 spiro atoms. The van der Waals surface area contributed by atoms with Crippen LogP contribution in [0.25, 0.3) is 0 Å². The van der Waals surface area contributed by atoms with Gasteiger partial charge in [0.05, 0.1) is 62.6 Å². The molecule has 478 valence electrons. The number of hydrogen-bond donors (Lipinski definition) is 0.